The Hall–Kier alpha value is -3.99. The van der Waals surface area contributed by atoms with Gasteiger partial charge < -0.3 is 25.3 Å². The zero-order chi connectivity index (χ0) is 28.4. The van der Waals surface area contributed by atoms with E-state index in [4.69, 9.17) is 23.2 Å². The van der Waals surface area contributed by atoms with E-state index in [1.54, 1.807) is 52.7 Å². The van der Waals surface area contributed by atoms with Crippen molar-refractivity contribution in [3.8, 4) is 0 Å². The second-order valence-electron chi connectivity index (χ2n) is 9.16. The van der Waals surface area contributed by atoms with Crippen LogP contribution >= 0.6 is 34.5 Å². The zero-order valence-corrected chi connectivity index (χ0v) is 23.2. The zero-order valence-electron chi connectivity index (χ0n) is 20.8. The van der Waals surface area contributed by atoms with Gasteiger partial charge in [-0.15, -0.1) is 11.3 Å². The molecule has 1 aliphatic heterocycles. The average Bonchev–Trinajstić information content (AvgIpc) is 3.49. The first-order chi connectivity index (χ1) is 19.3. The van der Waals surface area contributed by atoms with Gasteiger partial charge in [0.25, 0.3) is 17.7 Å². The van der Waals surface area contributed by atoms with Crippen molar-refractivity contribution >= 4 is 69.4 Å². The number of aromatic nitrogens is 1. The summed E-state index contributed by atoms with van der Waals surface area (Å²) in [5.41, 5.74) is 1.85. The smallest absolute Gasteiger partial charge is 0.261 e. The van der Waals surface area contributed by atoms with Gasteiger partial charge in [-0.2, -0.15) is 0 Å². The number of benzene rings is 2. The molecular weight excluding hydrogens is 575 g/mol. The van der Waals surface area contributed by atoms with Crippen LogP contribution in [0.5, 0.6) is 0 Å². The molecule has 4 aromatic rings. The average molecular weight is 597 g/mol. The largest absolute Gasteiger partial charge is 0.349 e. The van der Waals surface area contributed by atoms with Gasteiger partial charge in [-0.25, -0.2) is 0 Å². The maximum absolute atomic E-state index is 13.4. The number of aldehydes is 1. The van der Waals surface area contributed by atoms with E-state index < -0.39 is 11.9 Å². The summed E-state index contributed by atoms with van der Waals surface area (Å²) < 4.78 is 0. The highest BCUT2D eigenvalue weighted by Crippen LogP contribution is 2.35. The molecule has 1 aliphatic rings. The van der Waals surface area contributed by atoms with Gasteiger partial charge >= 0.3 is 0 Å². The van der Waals surface area contributed by atoms with Crippen molar-refractivity contribution in [2.45, 2.75) is 19.0 Å². The summed E-state index contributed by atoms with van der Waals surface area (Å²) in [7, 11) is 0. The second-order valence-corrected chi connectivity index (χ2v) is 10.9. The van der Waals surface area contributed by atoms with Crippen LogP contribution < -0.4 is 16.2 Å². The predicted molar refractivity (Wildman–Crippen MR) is 153 cm³/mol. The highest BCUT2D eigenvalue weighted by Gasteiger charge is 2.29. The van der Waals surface area contributed by atoms with Crippen molar-refractivity contribution in [1.29, 1.82) is 0 Å². The molecule has 5 rings (SSSR count). The van der Waals surface area contributed by atoms with E-state index in [1.807, 2.05) is 0 Å². The Balaban J connectivity index is 1.32. The number of halogens is 2. The molecule has 3 heterocycles. The molecule has 40 heavy (non-hydrogen) atoms. The van der Waals surface area contributed by atoms with Gasteiger partial charge in [-0.3, -0.25) is 19.2 Å². The van der Waals surface area contributed by atoms with E-state index in [1.165, 1.54) is 17.4 Å². The molecule has 0 aliphatic carbocycles. The number of para-hydroxylation sites is 1. The fourth-order valence-electron chi connectivity index (χ4n) is 4.66. The number of carbonyl (C=O) groups excluding carboxylic acids is 4. The summed E-state index contributed by atoms with van der Waals surface area (Å²) in [6.45, 7) is 0.379. The minimum atomic E-state index is -1.00. The van der Waals surface area contributed by atoms with Crippen LogP contribution in [0.15, 0.2) is 58.7 Å². The summed E-state index contributed by atoms with van der Waals surface area (Å²) in [6, 6.07) is 12.3. The highest BCUT2D eigenvalue weighted by molar-refractivity contribution is 7.12. The van der Waals surface area contributed by atoms with Crippen molar-refractivity contribution in [1.82, 2.24) is 20.5 Å². The molecule has 3 amide bonds. The van der Waals surface area contributed by atoms with Crippen LogP contribution in [0.25, 0.3) is 10.9 Å². The molecule has 0 radical (unpaired) electrons. The van der Waals surface area contributed by atoms with E-state index in [0.29, 0.717) is 51.7 Å². The third-order valence-electron chi connectivity index (χ3n) is 6.61. The third kappa shape index (κ3) is 5.51. The van der Waals surface area contributed by atoms with E-state index in [2.05, 4.69) is 15.6 Å². The quantitative estimate of drug-likeness (QED) is 0.279. The first kappa shape index (κ1) is 27.6. The summed E-state index contributed by atoms with van der Waals surface area (Å²) in [4.78, 5) is 67.3. The lowest BCUT2D eigenvalue weighted by Gasteiger charge is -2.30. The van der Waals surface area contributed by atoms with Gasteiger partial charge in [0.15, 0.2) is 0 Å². The van der Waals surface area contributed by atoms with Gasteiger partial charge in [0.05, 0.1) is 26.0 Å². The number of hydrogen-bond donors (Lipinski definition) is 3. The molecule has 2 aromatic carbocycles. The molecule has 0 saturated carbocycles. The molecule has 0 unspecified atom stereocenters. The Morgan fingerprint density at radius 1 is 1.10 bits per heavy atom. The fourth-order valence-corrected chi connectivity index (χ4v) is 6.06. The number of fused-ring (bicyclic) bond motifs is 2. The van der Waals surface area contributed by atoms with Crippen LogP contribution in [0.3, 0.4) is 0 Å². The summed E-state index contributed by atoms with van der Waals surface area (Å²) >= 11 is 14.4. The minimum absolute atomic E-state index is 0.0129. The minimum Gasteiger partial charge on any atom is -0.349 e. The standard InChI is InChI=1S/C28H22Cl2N4O5S/c29-20-10-15-13-34(28(39)19-11-23(36)33-21-5-2-1-4-18(19)21)8-7-17(15)25(30)24(20)27(38)32-16(14-35)12-31-26(37)22-6-3-9-40-22/h1-6,9-11,14,16H,7-8,12-13H2,(H,31,37)(H,32,38)(H,33,36)/t16-/m0/s1. The number of pyridine rings is 1. The number of amides is 3. The van der Waals surface area contributed by atoms with Crippen molar-refractivity contribution in [3.63, 3.8) is 0 Å². The molecule has 2 aromatic heterocycles. The lowest BCUT2D eigenvalue weighted by molar-refractivity contribution is -0.109. The van der Waals surface area contributed by atoms with Gasteiger partial charge in [0.1, 0.15) is 12.3 Å². The van der Waals surface area contributed by atoms with E-state index in [0.717, 1.165) is 0 Å². The van der Waals surface area contributed by atoms with Gasteiger partial charge in [0.2, 0.25) is 5.56 Å². The van der Waals surface area contributed by atoms with Crippen molar-refractivity contribution in [2.75, 3.05) is 13.1 Å². The summed E-state index contributed by atoms with van der Waals surface area (Å²) in [5.74, 6) is -1.32. The van der Waals surface area contributed by atoms with E-state index >= 15 is 0 Å². The van der Waals surface area contributed by atoms with Crippen molar-refractivity contribution in [3.05, 3.63) is 101 Å². The van der Waals surface area contributed by atoms with Crippen molar-refractivity contribution in [2.24, 2.45) is 0 Å². The molecule has 0 saturated heterocycles. The molecule has 12 heteroatoms. The molecule has 3 N–H and O–H groups in total. The maximum atomic E-state index is 13.4. The Labute approximate surface area is 242 Å². The second kappa shape index (κ2) is 11.6. The van der Waals surface area contributed by atoms with E-state index in [9.17, 15) is 24.0 Å². The molecule has 0 fully saturated rings. The maximum Gasteiger partial charge on any atom is 0.261 e. The molecule has 0 spiro atoms. The van der Waals surface area contributed by atoms with Gasteiger partial charge in [0, 0.05) is 36.6 Å². The number of nitrogens with zero attached hydrogens (tertiary/aromatic N) is 1. The lowest BCUT2D eigenvalue weighted by atomic mass is 9.95. The molecule has 1 atom stereocenters. The Bertz CT molecular complexity index is 1700. The van der Waals surface area contributed by atoms with Crippen LogP contribution in [0, 0.1) is 0 Å². The molecule has 204 valence electrons. The number of rotatable bonds is 7. The van der Waals surface area contributed by atoms with Crippen LogP contribution in [0.1, 0.15) is 41.5 Å². The number of thiophene rings is 1. The number of carbonyl (C=O) groups is 4. The monoisotopic (exact) mass is 596 g/mol. The topological polar surface area (TPSA) is 128 Å². The number of hydrogen-bond acceptors (Lipinski definition) is 6. The Morgan fingerprint density at radius 3 is 2.65 bits per heavy atom. The van der Waals surface area contributed by atoms with Crippen LogP contribution in [-0.4, -0.2) is 53.0 Å². The highest BCUT2D eigenvalue weighted by atomic mass is 35.5. The fraction of sp³-hybridized carbons (Fsp3) is 0.179. The van der Waals surface area contributed by atoms with Gasteiger partial charge in [-0.1, -0.05) is 47.5 Å². The third-order valence-corrected chi connectivity index (χ3v) is 8.19. The Kier molecular flexibility index (Phi) is 8.02. The first-order valence-electron chi connectivity index (χ1n) is 12.3. The van der Waals surface area contributed by atoms with Crippen LogP contribution in [-0.2, 0) is 17.8 Å². The summed E-state index contributed by atoms with van der Waals surface area (Å²) in [6.07, 6.45) is 0.876. The first-order valence-corrected chi connectivity index (χ1v) is 13.9. The van der Waals surface area contributed by atoms with Crippen LogP contribution in [0.2, 0.25) is 10.0 Å². The van der Waals surface area contributed by atoms with Gasteiger partial charge in [-0.05, 0) is 41.1 Å². The number of aromatic amines is 1. The van der Waals surface area contributed by atoms with E-state index in [-0.39, 0.29) is 46.1 Å². The van der Waals surface area contributed by atoms with Crippen molar-refractivity contribution < 1.29 is 19.2 Å². The number of H-pyrrole nitrogens is 1. The molecule has 9 nitrogen and oxygen atoms in total. The predicted octanol–water partition coefficient (Wildman–Crippen LogP) is 3.82. The van der Waals surface area contributed by atoms with Crippen LogP contribution in [0.4, 0.5) is 0 Å². The molecule has 0 bridgehead atoms. The number of nitrogens with one attached hydrogen (secondary N) is 3. The normalized spacial score (nSPS) is 13.4. The molecular formula is C28H22Cl2N4O5S. The lowest BCUT2D eigenvalue weighted by Crippen LogP contribution is -2.45. The SMILES string of the molecule is O=C[C@H](CNC(=O)c1cccs1)NC(=O)c1c(Cl)cc2c(c1Cl)CCN(C(=O)c1cc(=O)[nH]c3ccccc13)C2. The Morgan fingerprint density at radius 2 is 1.90 bits per heavy atom. The summed E-state index contributed by atoms with van der Waals surface area (Å²) in [5, 5.41) is 7.77.